The molecule has 5 aromatic rings. The van der Waals surface area contributed by atoms with Crippen molar-refractivity contribution in [3.63, 3.8) is 0 Å². The fraction of sp³-hybridized carbons (Fsp3) is 0.133. The van der Waals surface area contributed by atoms with Gasteiger partial charge >= 0.3 is 0 Å². The standard InChI is InChI=1S/C30H26N4O2/c1-22-10-5-6-14-25(22)21-33(19-24-13-9-17-31-18-24)30(36)28-26-15-7-8-16-27(26)29(35)34(32-28)20-23-11-3-2-4-12-23/h2-18H,19-21H2,1H3. The van der Waals surface area contributed by atoms with Crippen molar-refractivity contribution in [2.75, 3.05) is 0 Å². The molecule has 36 heavy (non-hydrogen) atoms. The summed E-state index contributed by atoms with van der Waals surface area (Å²) in [6.45, 7) is 3.10. The molecule has 0 fully saturated rings. The molecule has 0 unspecified atom stereocenters. The van der Waals surface area contributed by atoms with Crippen LogP contribution in [0.25, 0.3) is 10.8 Å². The van der Waals surface area contributed by atoms with Crippen LogP contribution in [0.4, 0.5) is 0 Å². The number of pyridine rings is 1. The maximum Gasteiger partial charge on any atom is 0.275 e. The molecule has 6 nitrogen and oxygen atoms in total. The van der Waals surface area contributed by atoms with Gasteiger partial charge in [-0.1, -0.05) is 78.9 Å². The third-order valence-electron chi connectivity index (χ3n) is 6.25. The van der Waals surface area contributed by atoms with Crippen LogP contribution >= 0.6 is 0 Å². The minimum atomic E-state index is -0.236. The van der Waals surface area contributed by atoms with Crippen LogP contribution in [0.5, 0.6) is 0 Å². The first-order chi connectivity index (χ1) is 17.6. The molecule has 0 spiro atoms. The van der Waals surface area contributed by atoms with E-state index in [0.29, 0.717) is 23.9 Å². The monoisotopic (exact) mass is 474 g/mol. The number of aromatic nitrogens is 3. The highest BCUT2D eigenvalue weighted by atomic mass is 16.2. The lowest BCUT2D eigenvalue weighted by molar-refractivity contribution is 0.0723. The minimum absolute atomic E-state index is 0.219. The van der Waals surface area contributed by atoms with Gasteiger partial charge in [0, 0.05) is 30.9 Å². The molecule has 2 aromatic heterocycles. The van der Waals surface area contributed by atoms with Gasteiger partial charge in [-0.05, 0) is 41.3 Å². The van der Waals surface area contributed by atoms with Gasteiger partial charge in [0.15, 0.2) is 5.69 Å². The molecule has 0 N–H and O–H groups in total. The van der Waals surface area contributed by atoms with E-state index in [0.717, 1.165) is 22.3 Å². The van der Waals surface area contributed by atoms with Gasteiger partial charge in [-0.2, -0.15) is 5.10 Å². The quantitative estimate of drug-likeness (QED) is 0.333. The number of rotatable bonds is 7. The highest BCUT2D eigenvalue weighted by Gasteiger charge is 2.23. The Balaban J connectivity index is 1.60. The van der Waals surface area contributed by atoms with Gasteiger partial charge in [0.25, 0.3) is 11.5 Å². The van der Waals surface area contributed by atoms with E-state index < -0.39 is 0 Å². The van der Waals surface area contributed by atoms with Gasteiger partial charge in [-0.3, -0.25) is 14.6 Å². The number of benzene rings is 3. The van der Waals surface area contributed by atoms with Crippen LogP contribution in [-0.2, 0) is 19.6 Å². The summed E-state index contributed by atoms with van der Waals surface area (Å²) >= 11 is 0. The van der Waals surface area contributed by atoms with Crippen LogP contribution in [0.3, 0.4) is 0 Å². The molecule has 1 amide bonds. The normalized spacial score (nSPS) is 10.9. The van der Waals surface area contributed by atoms with Gasteiger partial charge in [0.1, 0.15) is 0 Å². The SMILES string of the molecule is Cc1ccccc1CN(Cc1cccnc1)C(=O)c1nn(Cc2ccccc2)c(=O)c2ccccc12. The number of nitrogens with zero attached hydrogens (tertiary/aromatic N) is 4. The fourth-order valence-corrected chi connectivity index (χ4v) is 4.31. The molecular weight excluding hydrogens is 448 g/mol. The molecule has 2 heterocycles. The summed E-state index contributed by atoms with van der Waals surface area (Å²) in [7, 11) is 0. The van der Waals surface area contributed by atoms with Crippen molar-refractivity contribution in [1.82, 2.24) is 19.7 Å². The molecule has 0 saturated carbocycles. The summed E-state index contributed by atoms with van der Waals surface area (Å²) in [5.74, 6) is -0.236. The zero-order valence-corrected chi connectivity index (χ0v) is 20.0. The highest BCUT2D eigenvalue weighted by molar-refractivity contribution is 6.04. The zero-order valence-electron chi connectivity index (χ0n) is 20.0. The molecule has 3 aromatic carbocycles. The summed E-state index contributed by atoms with van der Waals surface area (Å²) < 4.78 is 1.39. The van der Waals surface area contributed by atoms with Gasteiger partial charge < -0.3 is 4.90 Å². The second-order valence-electron chi connectivity index (χ2n) is 8.79. The molecular formula is C30H26N4O2. The van der Waals surface area contributed by atoms with Crippen LogP contribution in [0.1, 0.15) is 32.7 Å². The van der Waals surface area contributed by atoms with Gasteiger partial charge in [-0.15, -0.1) is 0 Å². The van der Waals surface area contributed by atoms with E-state index in [1.165, 1.54) is 4.68 Å². The fourth-order valence-electron chi connectivity index (χ4n) is 4.31. The number of carbonyl (C=O) groups is 1. The number of carbonyl (C=O) groups excluding carboxylic acids is 1. The first kappa shape index (κ1) is 23.2. The van der Waals surface area contributed by atoms with Crippen molar-refractivity contribution in [1.29, 1.82) is 0 Å². The Morgan fingerprint density at radius 2 is 1.50 bits per heavy atom. The van der Waals surface area contributed by atoms with E-state index in [2.05, 4.69) is 10.1 Å². The van der Waals surface area contributed by atoms with E-state index in [-0.39, 0.29) is 23.7 Å². The number of amides is 1. The second kappa shape index (κ2) is 10.4. The van der Waals surface area contributed by atoms with Crippen molar-refractivity contribution in [2.45, 2.75) is 26.6 Å². The third-order valence-corrected chi connectivity index (χ3v) is 6.25. The third kappa shape index (κ3) is 4.93. The van der Waals surface area contributed by atoms with Crippen molar-refractivity contribution in [3.8, 4) is 0 Å². The molecule has 0 saturated heterocycles. The summed E-state index contributed by atoms with van der Waals surface area (Å²) in [6.07, 6.45) is 3.48. The topological polar surface area (TPSA) is 68.1 Å². The zero-order chi connectivity index (χ0) is 24.9. The lowest BCUT2D eigenvalue weighted by Gasteiger charge is -2.24. The summed E-state index contributed by atoms with van der Waals surface area (Å²) in [5, 5.41) is 5.65. The van der Waals surface area contributed by atoms with Crippen molar-refractivity contribution in [2.24, 2.45) is 0 Å². The van der Waals surface area contributed by atoms with Gasteiger partial charge in [0.2, 0.25) is 0 Å². The number of fused-ring (bicyclic) bond motifs is 1. The number of hydrogen-bond donors (Lipinski definition) is 0. The number of aryl methyl sites for hydroxylation is 1. The minimum Gasteiger partial charge on any atom is -0.329 e. The average Bonchev–Trinajstić information content (AvgIpc) is 2.92. The van der Waals surface area contributed by atoms with Crippen molar-refractivity contribution in [3.05, 3.63) is 142 Å². The molecule has 0 bridgehead atoms. The van der Waals surface area contributed by atoms with Crippen LogP contribution in [0.2, 0.25) is 0 Å². The first-order valence-corrected chi connectivity index (χ1v) is 11.9. The lowest BCUT2D eigenvalue weighted by atomic mass is 10.1. The predicted molar refractivity (Wildman–Crippen MR) is 141 cm³/mol. The second-order valence-corrected chi connectivity index (χ2v) is 8.79. The maximum absolute atomic E-state index is 14.1. The lowest BCUT2D eigenvalue weighted by Crippen LogP contribution is -2.34. The maximum atomic E-state index is 14.1. The van der Waals surface area contributed by atoms with Crippen molar-refractivity contribution >= 4 is 16.7 Å². The molecule has 0 aliphatic rings. The molecule has 5 rings (SSSR count). The summed E-state index contributed by atoms with van der Waals surface area (Å²) in [6, 6.07) is 28.7. The number of hydrogen-bond acceptors (Lipinski definition) is 4. The molecule has 0 radical (unpaired) electrons. The Hall–Kier alpha value is -4.58. The summed E-state index contributed by atoms with van der Waals surface area (Å²) in [4.78, 5) is 33.4. The molecule has 6 heteroatoms. The van der Waals surface area contributed by atoms with E-state index in [4.69, 9.17) is 0 Å². The van der Waals surface area contributed by atoms with Crippen molar-refractivity contribution < 1.29 is 4.79 Å². The predicted octanol–water partition coefficient (Wildman–Crippen LogP) is 4.99. The van der Waals surface area contributed by atoms with Crippen LogP contribution in [-0.4, -0.2) is 25.6 Å². The average molecular weight is 475 g/mol. The molecule has 0 atom stereocenters. The van der Waals surface area contributed by atoms with Crippen LogP contribution in [0.15, 0.2) is 108 Å². The molecule has 0 aliphatic carbocycles. The Bertz CT molecular complexity index is 1560. The van der Waals surface area contributed by atoms with E-state index >= 15 is 0 Å². The van der Waals surface area contributed by atoms with Crippen LogP contribution in [0, 0.1) is 6.92 Å². The van der Waals surface area contributed by atoms with Gasteiger partial charge in [0.05, 0.1) is 11.9 Å². The summed E-state index contributed by atoms with van der Waals surface area (Å²) in [5.41, 5.74) is 4.06. The molecule has 0 aliphatic heterocycles. The Kier molecular flexibility index (Phi) is 6.67. The Labute approximate surface area is 209 Å². The van der Waals surface area contributed by atoms with Crippen LogP contribution < -0.4 is 5.56 Å². The van der Waals surface area contributed by atoms with E-state index in [1.807, 2.05) is 85.8 Å². The Morgan fingerprint density at radius 3 is 2.25 bits per heavy atom. The largest absolute Gasteiger partial charge is 0.329 e. The highest BCUT2D eigenvalue weighted by Crippen LogP contribution is 2.20. The first-order valence-electron chi connectivity index (χ1n) is 11.9. The smallest absolute Gasteiger partial charge is 0.275 e. The van der Waals surface area contributed by atoms with E-state index in [9.17, 15) is 9.59 Å². The molecule has 178 valence electrons. The van der Waals surface area contributed by atoms with Gasteiger partial charge in [-0.25, -0.2) is 4.68 Å². The van der Waals surface area contributed by atoms with E-state index in [1.54, 1.807) is 29.4 Å². The Morgan fingerprint density at radius 1 is 0.806 bits per heavy atom.